The van der Waals surface area contributed by atoms with Crippen molar-refractivity contribution in [1.82, 2.24) is 14.9 Å². The normalized spacial score (nSPS) is 18.7. The summed E-state index contributed by atoms with van der Waals surface area (Å²) in [6.45, 7) is 7.06. The van der Waals surface area contributed by atoms with Gasteiger partial charge in [0.15, 0.2) is 11.6 Å². The summed E-state index contributed by atoms with van der Waals surface area (Å²) in [5.41, 5.74) is 0.938. The minimum Gasteiger partial charge on any atom is -0.367 e. The number of piperazine rings is 1. The van der Waals surface area contributed by atoms with E-state index in [4.69, 9.17) is 0 Å². The monoisotopic (exact) mass is 469 g/mol. The van der Waals surface area contributed by atoms with Crippen molar-refractivity contribution in [2.24, 2.45) is 0 Å². The van der Waals surface area contributed by atoms with E-state index in [2.05, 4.69) is 34.0 Å². The molecule has 0 spiro atoms. The highest BCUT2D eigenvalue weighted by atomic mass is 19.2. The second-order valence-corrected chi connectivity index (χ2v) is 8.69. The van der Waals surface area contributed by atoms with Gasteiger partial charge in [-0.05, 0) is 52.1 Å². The molecular weight excluding hydrogens is 443 g/mol. The van der Waals surface area contributed by atoms with Crippen molar-refractivity contribution in [3.05, 3.63) is 71.6 Å². The van der Waals surface area contributed by atoms with Gasteiger partial charge in [-0.25, -0.2) is 23.1 Å². The Morgan fingerprint density at radius 2 is 1.68 bits per heavy atom. The number of amides is 1. The van der Waals surface area contributed by atoms with Crippen LogP contribution in [0.15, 0.2) is 42.7 Å². The SMILES string of the molecule is Cc1ncc(-c2cc(NC(=O)c3cccc(F)c3F)c(N3C[C@@H](C)N(C)[C@@H](C)C3)cc2F)cn1. The van der Waals surface area contributed by atoms with Crippen LogP contribution in [-0.2, 0) is 0 Å². The number of nitrogens with zero attached hydrogens (tertiary/aromatic N) is 4. The number of carbonyl (C=O) groups excluding carboxylic acids is 1. The number of nitrogens with one attached hydrogen (secondary N) is 1. The molecule has 1 N–H and O–H groups in total. The number of rotatable bonds is 4. The molecular formula is C25H26F3N5O. The Morgan fingerprint density at radius 3 is 2.32 bits per heavy atom. The van der Waals surface area contributed by atoms with Gasteiger partial charge >= 0.3 is 0 Å². The van der Waals surface area contributed by atoms with Crippen LogP contribution >= 0.6 is 0 Å². The van der Waals surface area contributed by atoms with Crippen LogP contribution in [0.25, 0.3) is 11.1 Å². The Hall–Kier alpha value is -3.46. The smallest absolute Gasteiger partial charge is 0.258 e. The predicted molar refractivity (Wildman–Crippen MR) is 125 cm³/mol. The Bertz CT molecular complexity index is 1210. The summed E-state index contributed by atoms with van der Waals surface area (Å²) in [6, 6.07) is 6.61. The van der Waals surface area contributed by atoms with Crippen LogP contribution < -0.4 is 10.2 Å². The Labute approximate surface area is 196 Å². The molecule has 0 radical (unpaired) electrons. The third kappa shape index (κ3) is 4.61. The number of carbonyl (C=O) groups is 1. The lowest BCUT2D eigenvalue weighted by molar-refractivity contribution is 0.102. The standard InChI is InChI=1S/C25H26F3N5O/c1-14-12-33(13-15(2)32(14)4)23-9-21(27)19(17-10-29-16(3)30-11-17)8-22(23)31-25(34)18-6-5-7-20(26)24(18)28/h5-11,14-15H,12-13H2,1-4H3,(H,31,34)/t14-,15+. The van der Waals surface area contributed by atoms with Gasteiger partial charge in [0.05, 0.1) is 16.9 Å². The molecule has 2 aromatic carbocycles. The van der Waals surface area contributed by atoms with Crippen LogP contribution in [0, 0.1) is 24.4 Å². The third-order valence-electron chi connectivity index (χ3n) is 6.32. The highest BCUT2D eigenvalue weighted by molar-refractivity contribution is 6.06. The van der Waals surface area contributed by atoms with Crippen molar-refractivity contribution in [3.8, 4) is 11.1 Å². The first kappa shape index (κ1) is 23.7. The summed E-state index contributed by atoms with van der Waals surface area (Å²) in [7, 11) is 2.03. The van der Waals surface area contributed by atoms with E-state index in [9.17, 15) is 13.6 Å². The summed E-state index contributed by atoms with van der Waals surface area (Å²) >= 11 is 0. The maximum absolute atomic E-state index is 15.3. The maximum atomic E-state index is 15.3. The number of hydrogen-bond acceptors (Lipinski definition) is 5. The summed E-state index contributed by atoms with van der Waals surface area (Å²) in [5, 5.41) is 2.67. The van der Waals surface area contributed by atoms with Gasteiger partial charge in [0.2, 0.25) is 0 Å². The zero-order chi connectivity index (χ0) is 24.6. The van der Waals surface area contributed by atoms with Crippen molar-refractivity contribution >= 4 is 17.3 Å². The molecule has 0 bridgehead atoms. The van der Waals surface area contributed by atoms with E-state index in [1.165, 1.54) is 36.7 Å². The van der Waals surface area contributed by atoms with Crippen LogP contribution in [-0.4, -0.2) is 53.0 Å². The van der Waals surface area contributed by atoms with Crippen molar-refractivity contribution < 1.29 is 18.0 Å². The molecule has 0 aliphatic carbocycles. The molecule has 3 aromatic rings. The fraction of sp³-hybridized carbons (Fsp3) is 0.320. The van der Waals surface area contributed by atoms with Crippen LogP contribution in [0.3, 0.4) is 0 Å². The fourth-order valence-electron chi connectivity index (χ4n) is 4.15. The minimum atomic E-state index is -1.24. The van der Waals surface area contributed by atoms with Crippen LogP contribution in [0.5, 0.6) is 0 Å². The third-order valence-corrected chi connectivity index (χ3v) is 6.32. The highest BCUT2D eigenvalue weighted by Gasteiger charge is 2.29. The Balaban J connectivity index is 1.79. The molecule has 1 amide bonds. The van der Waals surface area contributed by atoms with Gasteiger partial charge in [-0.3, -0.25) is 9.69 Å². The number of benzene rings is 2. The minimum absolute atomic E-state index is 0.182. The molecule has 1 fully saturated rings. The van der Waals surface area contributed by atoms with E-state index in [1.807, 2.05) is 11.9 Å². The van der Waals surface area contributed by atoms with Crippen LogP contribution in [0.2, 0.25) is 0 Å². The molecule has 6 nitrogen and oxygen atoms in total. The number of aromatic nitrogens is 2. The molecule has 178 valence electrons. The van der Waals surface area contributed by atoms with E-state index < -0.39 is 28.9 Å². The molecule has 9 heteroatoms. The first-order chi connectivity index (χ1) is 16.2. The second-order valence-electron chi connectivity index (χ2n) is 8.69. The topological polar surface area (TPSA) is 61.4 Å². The van der Waals surface area contributed by atoms with Gasteiger partial charge in [0.1, 0.15) is 11.6 Å². The molecule has 2 atom stereocenters. The Morgan fingerprint density at radius 1 is 1.03 bits per heavy atom. The van der Waals surface area contributed by atoms with Gasteiger partial charge in [-0.2, -0.15) is 0 Å². The van der Waals surface area contributed by atoms with Crippen molar-refractivity contribution in [1.29, 1.82) is 0 Å². The van der Waals surface area contributed by atoms with Crippen molar-refractivity contribution in [2.45, 2.75) is 32.9 Å². The largest absolute Gasteiger partial charge is 0.367 e. The first-order valence-electron chi connectivity index (χ1n) is 11.0. The van der Waals surface area contributed by atoms with Gasteiger partial charge in [0.25, 0.3) is 5.91 Å². The lowest BCUT2D eigenvalue weighted by Gasteiger charge is -2.44. The second kappa shape index (κ2) is 9.42. The molecule has 1 aliphatic heterocycles. The summed E-state index contributed by atoms with van der Waals surface area (Å²) in [6.07, 6.45) is 3.00. The van der Waals surface area contributed by atoms with Crippen LogP contribution in [0.1, 0.15) is 30.0 Å². The van der Waals surface area contributed by atoms with E-state index >= 15 is 4.39 Å². The van der Waals surface area contributed by atoms with E-state index in [0.29, 0.717) is 30.2 Å². The summed E-state index contributed by atoms with van der Waals surface area (Å²) in [4.78, 5) is 25.4. The van der Waals surface area contributed by atoms with Crippen LogP contribution in [0.4, 0.5) is 24.5 Å². The summed E-state index contributed by atoms with van der Waals surface area (Å²) < 4.78 is 43.3. The molecule has 0 unspecified atom stereocenters. The summed E-state index contributed by atoms with van der Waals surface area (Å²) in [5.74, 6) is -3.15. The zero-order valence-electron chi connectivity index (χ0n) is 19.4. The molecule has 1 aromatic heterocycles. The molecule has 0 saturated carbocycles. The molecule has 4 rings (SSSR count). The lowest BCUT2D eigenvalue weighted by atomic mass is 10.0. The predicted octanol–water partition coefficient (Wildman–Crippen LogP) is 4.65. The van der Waals surface area contributed by atoms with Gasteiger partial charge in [-0.15, -0.1) is 0 Å². The maximum Gasteiger partial charge on any atom is 0.258 e. The quantitative estimate of drug-likeness (QED) is 0.603. The number of aryl methyl sites for hydroxylation is 1. The highest BCUT2D eigenvalue weighted by Crippen LogP contribution is 2.36. The van der Waals surface area contributed by atoms with E-state index in [0.717, 1.165) is 6.07 Å². The van der Waals surface area contributed by atoms with Crippen molar-refractivity contribution in [3.63, 3.8) is 0 Å². The van der Waals surface area contributed by atoms with E-state index in [-0.39, 0.29) is 23.3 Å². The van der Waals surface area contributed by atoms with Gasteiger partial charge in [0, 0.05) is 48.7 Å². The number of anilines is 2. The molecule has 34 heavy (non-hydrogen) atoms. The average Bonchev–Trinajstić information content (AvgIpc) is 2.80. The van der Waals surface area contributed by atoms with Gasteiger partial charge in [-0.1, -0.05) is 6.07 Å². The lowest BCUT2D eigenvalue weighted by Crippen LogP contribution is -2.55. The van der Waals surface area contributed by atoms with Crippen molar-refractivity contribution in [2.75, 3.05) is 30.4 Å². The molecule has 1 aliphatic rings. The molecule has 2 heterocycles. The Kier molecular flexibility index (Phi) is 6.56. The number of halogens is 3. The number of likely N-dealkylation sites (N-methyl/N-ethyl adjacent to an activating group) is 1. The van der Waals surface area contributed by atoms with Gasteiger partial charge < -0.3 is 10.2 Å². The first-order valence-corrected chi connectivity index (χ1v) is 11.0. The average molecular weight is 470 g/mol. The fourth-order valence-corrected chi connectivity index (χ4v) is 4.15. The molecule has 1 saturated heterocycles. The zero-order valence-corrected chi connectivity index (χ0v) is 19.4. The number of hydrogen-bond donors (Lipinski definition) is 1. The van der Waals surface area contributed by atoms with E-state index in [1.54, 1.807) is 6.92 Å².